The number of ether oxygens (including phenoxy) is 1. The molecule has 0 heterocycles. The Morgan fingerprint density at radius 3 is 2.69 bits per heavy atom. The maximum atomic E-state index is 12.8. The van der Waals surface area contributed by atoms with Gasteiger partial charge in [0, 0.05) is 19.5 Å². The number of carbonyl (C=O) groups excluding carboxylic acids is 1. The Balaban J connectivity index is 1.62. The summed E-state index contributed by atoms with van der Waals surface area (Å²) in [5.74, 6) is 1.62. The van der Waals surface area contributed by atoms with Crippen molar-refractivity contribution < 1.29 is 14.6 Å². The van der Waals surface area contributed by atoms with Crippen molar-refractivity contribution in [2.24, 2.45) is 5.92 Å². The molecule has 1 fully saturated rings. The van der Waals surface area contributed by atoms with E-state index in [1.807, 2.05) is 35.2 Å². The van der Waals surface area contributed by atoms with Crippen LogP contribution in [0.5, 0.6) is 11.5 Å². The molecular weight excluding hydrogens is 350 g/mol. The minimum Gasteiger partial charge on any atom is -0.508 e. The van der Waals surface area contributed by atoms with Crippen molar-refractivity contribution >= 4 is 17.5 Å². The number of hydrogen-bond donors (Lipinski definition) is 1. The summed E-state index contributed by atoms with van der Waals surface area (Å²) in [5.41, 5.74) is 1.97. The fourth-order valence-electron chi connectivity index (χ4n) is 3.02. The van der Waals surface area contributed by atoms with Gasteiger partial charge >= 0.3 is 0 Å². The van der Waals surface area contributed by atoms with Gasteiger partial charge in [-0.1, -0.05) is 29.8 Å². The van der Waals surface area contributed by atoms with E-state index in [4.69, 9.17) is 16.3 Å². The third kappa shape index (κ3) is 5.15. The van der Waals surface area contributed by atoms with Crippen LogP contribution >= 0.6 is 11.6 Å². The molecule has 2 aromatic rings. The number of phenolic OH excluding ortho intramolecular Hbond substituents is 1. The Hall–Kier alpha value is -2.20. The number of methoxy groups -OCH3 is 1. The summed E-state index contributed by atoms with van der Waals surface area (Å²) >= 11 is 6.16. The summed E-state index contributed by atoms with van der Waals surface area (Å²) in [6.45, 7) is 1.32. The maximum Gasteiger partial charge on any atom is 0.223 e. The van der Waals surface area contributed by atoms with Crippen LogP contribution in [0.1, 0.15) is 30.4 Å². The molecule has 138 valence electrons. The van der Waals surface area contributed by atoms with Gasteiger partial charge in [0.05, 0.1) is 12.1 Å². The molecule has 0 spiro atoms. The molecular formula is C21H24ClNO3. The van der Waals surface area contributed by atoms with Crippen LogP contribution in [0.25, 0.3) is 0 Å². The first-order valence-corrected chi connectivity index (χ1v) is 9.31. The number of carbonyl (C=O) groups is 1. The minimum absolute atomic E-state index is 0.132. The van der Waals surface area contributed by atoms with E-state index in [2.05, 4.69) is 0 Å². The second-order valence-corrected chi connectivity index (χ2v) is 7.26. The fourth-order valence-corrected chi connectivity index (χ4v) is 3.30. The zero-order chi connectivity index (χ0) is 18.5. The topological polar surface area (TPSA) is 49.8 Å². The lowest BCUT2D eigenvalue weighted by Crippen LogP contribution is -2.32. The smallest absolute Gasteiger partial charge is 0.223 e. The first-order valence-electron chi connectivity index (χ1n) is 8.93. The SMILES string of the molecule is COc1ccc(CCC(=O)N(Cc2cccc(O)c2)CC2CC2)cc1Cl. The minimum atomic E-state index is 0.132. The van der Waals surface area contributed by atoms with Crippen LogP contribution in [0, 0.1) is 5.92 Å². The third-order valence-electron chi connectivity index (χ3n) is 4.66. The van der Waals surface area contributed by atoms with Gasteiger partial charge < -0.3 is 14.7 Å². The zero-order valence-corrected chi connectivity index (χ0v) is 15.7. The normalized spacial score (nSPS) is 13.5. The molecule has 5 heteroatoms. The van der Waals surface area contributed by atoms with E-state index < -0.39 is 0 Å². The molecule has 0 unspecified atom stereocenters. The van der Waals surface area contributed by atoms with Crippen molar-refractivity contribution in [3.05, 3.63) is 58.6 Å². The number of rotatable bonds is 8. The molecule has 1 N–H and O–H groups in total. The molecule has 2 aromatic carbocycles. The van der Waals surface area contributed by atoms with Crippen LogP contribution in [0.3, 0.4) is 0 Å². The quantitative estimate of drug-likeness (QED) is 0.744. The van der Waals surface area contributed by atoms with Crippen LogP contribution < -0.4 is 4.74 Å². The molecule has 1 aliphatic carbocycles. The molecule has 1 saturated carbocycles. The number of aromatic hydroxyl groups is 1. The van der Waals surface area contributed by atoms with Crippen LogP contribution in [-0.4, -0.2) is 29.6 Å². The highest BCUT2D eigenvalue weighted by atomic mass is 35.5. The van der Waals surface area contributed by atoms with Crippen molar-refractivity contribution in [3.63, 3.8) is 0 Å². The Bertz CT molecular complexity index is 774. The number of phenols is 1. The summed E-state index contributed by atoms with van der Waals surface area (Å²) in [5, 5.41) is 10.2. The van der Waals surface area contributed by atoms with E-state index in [9.17, 15) is 9.90 Å². The average molecular weight is 374 g/mol. The van der Waals surface area contributed by atoms with Gasteiger partial charge in [-0.25, -0.2) is 0 Å². The highest BCUT2D eigenvalue weighted by Crippen LogP contribution is 2.31. The summed E-state index contributed by atoms with van der Waals surface area (Å²) in [6, 6.07) is 12.7. The first-order chi connectivity index (χ1) is 12.5. The Morgan fingerprint density at radius 1 is 1.23 bits per heavy atom. The van der Waals surface area contributed by atoms with Gasteiger partial charge in [0.15, 0.2) is 0 Å². The van der Waals surface area contributed by atoms with E-state index in [0.717, 1.165) is 17.7 Å². The number of benzene rings is 2. The van der Waals surface area contributed by atoms with Gasteiger partial charge in [0.1, 0.15) is 11.5 Å². The van der Waals surface area contributed by atoms with Gasteiger partial charge in [-0.3, -0.25) is 4.79 Å². The highest BCUT2D eigenvalue weighted by Gasteiger charge is 2.26. The lowest BCUT2D eigenvalue weighted by atomic mass is 10.1. The van der Waals surface area contributed by atoms with Gasteiger partial charge in [-0.05, 0) is 60.6 Å². The number of nitrogens with zero attached hydrogens (tertiary/aromatic N) is 1. The third-order valence-corrected chi connectivity index (χ3v) is 4.95. The number of amides is 1. The molecule has 4 nitrogen and oxygen atoms in total. The first kappa shape index (κ1) is 18.6. The van der Waals surface area contributed by atoms with E-state index in [1.54, 1.807) is 19.2 Å². The molecule has 0 aliphatic heterocycles. The predicted octanol–water partition coefficient (Wildman–Crippen LogP) is 4.43. The van der Waals surface area contributed by atoms with Crippen LogP contribution in [0.4, 0.5) is 0 Å². The van der Waals surface area contributed by atoms with Crippen molar-refractivity contribution in [2.45, 2.75) is 32.2 Å². The van der Waals surface area contributed by atoms with Crippen molar-refractivity contribution in [2.75, 3.05) is 13.7 Å². The second kappa shape index (κ2) is 8.45. The zero-order valence-electron chi connectivity index (χ0n) is 15.0. The molecule has 1 amide bonds. The molecule has 1 aliphatic rings. The van der Waals surface area contributed by atoms with Crippen LogP contribution in [-0.2, 0) is 17.8 Å². The molecule has 0 bridgehead atoms. The number of halogens is 1. The van der Waals surface area contributed by atoms with Gasteiger partial charge in [0.2, 0.25) is 5.91 Å². The largest absolute Gasteiger partial charge is 0.508 e. The van der Waals surface area contributed by atoms with Crippen LogP contribution in [0.15, 0.2) is 42.5 Å². The lowest BCUT2D eigenvalue weighted by molar-refractivity contribution is -0.132. The molecule has 0 atom stereocenters. The molecule has 26 heavy (non-hydrogen) atoms. The standard InChI is InChI=1S/C21H24ClNO3/c1-26-20-9-7-15(12-19(20)22)8-10-21(25)23(13-16-5-6-16)14-17-3-2-4-18(24)11-17/h2-4,7,9,11-12,16,24H,5-6,8,10,13-14H2,1H3. The number of hydrogen-bond acceptors (Lipinski definition) is 3. The number of aryl methyl sites for hydroxylation is 1. The maximum absolute atomic E-state index is 12.8. The van der Waals surface area contributed by atoms with Gasteiger partial charge in [-0.15, -0.1) is 0 Å². The summed E-state index contributed by atoms with van der Waals surface area (Å²) < 4.78 is 5.16. The molecule has 0 saturated heterocycles. The molecule has 0 aromatic heterocycles. The van der Waals surface area contributed by atoms with Crippen LogP contribution in [0.2, 0.25) is 5.02 Å². The average Bonchev–Trinajstić information content (AvgIpc) is 3.43. The Kier molecular flexibility index (Phi) is 6.04. The van der Waals surface area contributed by atoms with E-state index in [0.29, 0.717) is 36.1 Å². The van der Waals surface area contributed by atoms with Crippen molar-refractivity contribution in [3.8, 4) is 11.5 Å². The van der Waals surface area contributed by atoms with Crippen molar-refractivity contribution in [1.82, 2.24) is 4.90 Å². The molecule has 0 radical (unpaired) electrons. The van der Waals surface area contributed by atoms with Gasteiger partial charge in [-0.2, -0.15) is 0 Å². The summed E-state index contributed by atoms with van der Waals surface area (Å²) in [7, 11) is 1.58. The Morgan fingerprint density at radius 2 is 2.04 bits per heavy atom. The second-order valence-electron chi connectivity index (χ2n) is 6.86. The highest BCUT2D eigenvalue weighted by molar-refractivity contribution is 6.32. The monoisotopic (exact) mass is 373 g/mol. The summed E-state index contributed by atoms with van der Waals surface area (Å²) in [6.07, 6.45) is 3.47. The van der Waals surface area contributed by atoms with Gasteiger partial charge in [0.25, 0.3) is 0 Å². The summed E-state index contributed by atoms with van der Waals surface area (Å²) in [4.78, 5) is 14.7. The van der Waals surface area contributed by atoms with Crippen molar-refractivity contribution in [1.29, 1.82) is 0 Å². The lowest BCUT2D eigenvalue weighted by Gasteiger charge is -2.23. The van der Waals surface area contributed by atoms with E-state index in [-0.39, 0.29) is 11.7 Å². The Labute approximate surface area is 159 Å². The molecule has 3 rings (SSSR count). The predicted molar refractivity (Wildman–Crippen MR) is 103 cm³/mol. The fraction of sp³-hybridized carbons (Fsp3) is 0.381. The van der Waals surface area contributed by atoms with E-state index >= 15 is 0 Å². The van der Waals surface area contributed by atoms with E-state index in [1.165, 1.54) is 12.8 Å².